The molecule has 3 aliphatic rings. The number of rotatable bonds is 6. The summed E-state index contributed by atoms with van der Waals surface area (Å²) in [4.78, 5) is 16.9. The summed E-state index contributed by atoms with van der Waals surface area (Å²) in [7, 11) is -3.65. The SMILES string of the molecule is O=C(NC1CC1)[C@H]1CCCN(S(=O)(=O)c2cc(-c3noc(C4CCCC4)n3)cs2)C1. The number of hydrogen-bond acceptors (Lipinski definition) is 7. The Morgan fingerprint density at radius 1 is 1.17 bits per heavy atom. The van der Waals surface area contributed by atoms with Crippen molar-refractivity contribution in [3.05, 3.63) is 17.3 Å². The van der Waals surface area contributed by atoms with Crippen molar-refractivity contribution < 1.29 is 17.7 Å². The summed E-state index contributed by atoms with van der Waals surface area (Å²) in [5, 5.41) is 8.83. The largest absolute Gasteiger partial charge is 0.353 e. The number of carbonyl (C=O) groups is 1. The molecule has 1 N–H and O–H groups in total. The molecule has 0 radical (unpaired) electrons. The number of sulfonamides is 1. The van der Waals surface area contributed by atoms with Gasteiger partial charge in [0.2, 0.25) is 17.6 Å². The fourth-order valence-corrected chi connectivity index (χ4v) is 7.14. The molecule has 1 atom stereocenters. The third-order valence-electron chi connectivity index (χ3n) is 6.25. The van der Waals surface area contributed by atoms with E-state index in [-0.39, 0.29) is 28.6 Å². The Bertz CT molecular complexity index is 1020. The highest BCUT2D eigenvalue weighted by atomic mass is 32.2. The molecule has 2 aromatic rings. The second-order valence-electron chi connectivity index (χ2n) is 8.58. The molecular weight excluding hydrogens is 424 g/mol. The first kappa shape index (κ1) is 20.1. The van der Waals surface area contributed by atoms with Gasteiger partial charge in [0.05, 0.1) is 5.92 Å². The van der Waals surface area contributed by atoms with Crippen LogP contribution in [0.3, 0.4) is 0 Å². The molecule has 0 spiro atoms. The van der Waals surface area contributed by atoms with Gasteiger partial charge < -0.3 is 9.84 Å². The molecule has 1 amide bonds. The second kappa shape index (κ2) is 8.05. The van der Waals surface area contributed by atoms with Crippen molar-refractivity contribution in [2.24, 2.45) is 5.92 Å². The Hall–Kier alpha value is -1.78. The van der Waals surface area contributed by atoms with E-state index in [0.29, 0.717) is 36.2 Å². The van der Waals surface area contributed by atoms with Gasteiger partial charge in [-0.3, -0.25) is 4.79 Å². The number of carbonyl (C=O) groups excluding carboxylic acids is 1. The Morgan fingerprint density at radius 2 is 1.97 bits per heavy atom. The first-order valence-electron chi connectivity index (χ1n) is 10.7. The van der Waals surface area contributed by atoms with Crippen LogP contribution < -0.4 is 5.32 Å². The Kier molecular flexibility index (Phi) is 5.40. The van der Waals surface area contributed by atoms with Crippen molar-refractivity contribution in [2.75, 3.05) is 13.1 Å². The smallest absolute Gasteiger partial charge is 0.252 e. The van der Waals surface area contributed by atoms with Crippen molar-refractivity contribution >= 4 is 27.3 Å². The highest BCUT2D eigenvalue weighted by Crippen LogP contribution is 2.35. The third kappa shape index (κ3) is 4.04. The van der Waals surface area contributed by atoms with Crippen LogP contribution in [0.2, 0.25) is 0 Å². The van der Waals surface area contributed by atoms with Crippen LogP contribution in [0.4, 0.5) is 0 Å². The molecule has 10 heteroatoms. The molecule has 2 aliphatic carbocycles. The minimum absolute atomic E-state index is 0.0180. The number of amides is 1. The minimum atomic E-state index is -3.65. The van der Waals surface area contributed by atoms with Gasteiger partial charge in [-0.2, -0.15) is 9.29 Å². The maximum absolute atomic E-state index is 13.2. The number of nitrogens with one attached hydrogen (secondary N) is 1. The highest BCUT2D eigenvalue weighted by Gasteiger charge is 2.36. The van der Waals surface area contributed by atoms with E-state index in [1.54, 1.807) is 11.4 Å². The number of hydrogen-bond donors (Lipinski definition) is 1. The van der Waals surface area contributed by atoms with Crippen molar-refractivity contribution in [2.45, 2.75) is 67.5 Å². The topological polar surface area (TPSA) is 105 Å². The predicted molar refractivity (Wildman–Crippen MR) is 111 cm³/mol. The van der Waals surface area contributed by atoms with E-state index < -0.39 is 10.0 Å². The van der Waals surface area contributed by atoms with Crippen LogP contribution in [0.15, 0.2) is 20.2 Å². The zero-order valence-corrected chi connectivity index (χ0v) is 18.4. The standard InChI is InChI=1S/C20H26N4O4S2/c25-19(21-16-7-8-16)14-6-3-9-24(11-14)30(26,27)17-10-15(12-29-17)18-22-20(28-23-18)13-4-1-2-5-13/h10,12-14,16H,1-9,11H2,(H,21,25)/t14-/m0/s1. The first-order chi connectivity index (χ1) is 14.5. The third-order valence-corrected chi connectivity index (χ3v) is 9.53. The number of aromatic nitrogens is 2. The lowest BCUT2D eigenvalue weighted by atomic mass is 9.99. The van der Waals surface area contributed by atoms with Crippen LogP contribution in [0, 0.1) is 5.92 Å². The molecule has 0 unspecified atom stereocenters. The van der Waals surface area contributed by atoms with Gasteiger partial charge in [0, 0.05) is 36.0 Å². The van der Waals surface area contributed by atoms with Crippen LogP contribution >= 0.6 is 11.3 Å². The fraction of sp³-hybridized carbons (Fsp3) is 0.650. The highest BCUT2D eigenvalue weighted by molar-refractivity contribution is 7.91. The van der Waals surface area contributed by atoms with Gasteiger partial charge >= 0.3 is 0 Å². The molecule has 0 bridgehead atoms. The zero-order valence-electron chi connectivity index (χ0n) is 16.7. The average molecular weight is 451 g/mol. The van der Waals surface area contributed by atoms with Crippen LogP contribution in [-0.2, 0) is 14.8 Å². The van der Waals surface area contributed by atoms with Crippen LogP contribution in [0.5, 0.6) is 0 Å². The Morgan fingerprint density at radius 3 is 2.73 bits per heavy atom. The van der Waals surface area contributed by atoms with Crippen molar-refractivity contribution in [1.82, 2.24) is 19.8 Å². The second-order valence-corrected chi connectivity index (χ2v) is 11.7. The summed E-state index contributed by atoms with van der Waals surface area (Å²) >= 11 is 1.16. The molecule has 1 aliphatic heterocycles. The fourth-order valence-electron chi connectivity index (χ4n) is 4.31. The summed E-state index contributed by atoms with van der Waals surface area (Å²) in [5.74, 6) is 1.11. The summed E-state index contributed by atoms with van der Waals surface area (Å²) < 4.78 is 33.5. The van der Waals surface area contributed by atoms with Gasteiger partial charge in [0.1, 0.15) is 4.21 Å². The number of piperidine rings is 1. The van der Waals surface area contributed by atoms with Gasteiger partial charge in [-0.05, 0) is 44.6 Å². The van der Waals surface area contributed by atoms with Gasteiger partial charge in [-0.15, -0.1) is 11.3 Å². The number of thiophene rings is 1. The van der Waals surface area contributed by atoms with E-state index in [2.05, 4.69) is 15.5 Å². The summed E-state index contributed by atoms with van der Waals surface area (Å²) in [6, 6.07) is 1.91. The van der Waals surface area contributed by atoms with Gasteiger partial charge in [0.25, 0.3) is 10.0 Å². The monoisotopic (exact) mass is 450 g/mol. The lowest BCUT2D eigenvalue weighted by Crippen LogP contribution is -2.45. The summed E-state index contributed by atoms with van der Waals surface area (Å²) in [6.45, 7) is 0.680. The lowest BCUT2D eigenvalue weighted by Gasteiger charge is -2.30. The average Bonchev–Trinajstić information content (AvgIpc) is 3.20. The van der Waals surface area contributed by atoms with E-state index in [4.69, 9.17) is 4.52 Å². The lowest BCUT2D eigenvalue weighted by molar-refractivity contribution is -0.126. The number of nitrogens with zero attached hydrogens (tertiary/aromatic N) is 3. The molecule has 162 valence electrons. The molecule has 3 fully saturated rings. The van der Waals surface area contributed by atoms with Gasteiger partial charge in [0.15, 0.2) is 0 Å². The van der Waals surface area contributed by atoms with Crippen molar-refractivity contribution in [1.29, 1.82) is 0 Å². The summed E-state index contributed by atoms with van der Waals surface area (Å²) in [6.07, 6.45) is 7.96. The molecule has 0 aromatic carbocycles. The van der Waals surface area contributed by atoms with Crippen molar-refractivity contribution in [3.8, 4) is 11.4 Å². The van der Waals surface area contributed by atoms with E-state index in [0.717, 1.165) is 43.4 Å². The van der Waals surface area contributed by atoms with E-state index in [1.807, 2.05) is 0 Å². The minimum Gasteiger partial charge on any atom is -0.353 e. The Labute approximate surface area is 180 Å². The van der Waals surface area contributed by atoms with E-state index in [1.165, 1.54) is 17.1 Å². The maximum Gasteiger partial charge on any atom is 0.252 e. The molecule has 3 heterocycles. The first-order valence-corrected chi connectivity index (χ1v) is 13.1. The molecule has 2 aromatic heterocycles. The van der Waals surface area contributed by atoms with Gasteiger partial charge in [-0.1, -0.05) is 18.0 Å². The van der Waals surface area contributed by atoms with E-state index in [9.17, 15) is 13.2 Å². The quantitative estimate of drug-likeness (QED) is 0.725. The molecule has 1 saturated heterocycles. The molecular formula is C20H26N4O4S2. The molecule has 8 nitrogen and oxygen atoms in total. The van der Waals surface area contributed by atoms with Crippen LogP contribution in [-0.4, -0.2) is 47.9 Å². The van der Waals surface area contributed by atoms with Gasteiger partial charge in [-0.25, -0.2) is 8.42 Å². The normalized spacial score (nSPS) is 23.7. The van der Waals surface area contributed by atoms with Crippen LogP contribution in [0.1, 0.15) is 63.2 Å². The van der Waals surface area contributed by atoms with E-state index >= 15 is 0 Å². The zero-order chi connectivity index (χ0) is 20.7. The molecule has 5 rings (SSSR count). The molecule has 2 saturated carbocycles. The summed E-state index contributed by atoms with van der Waals surface area (Å²) in [5.41, 5.74) is 0.659. The molecule has 30 heavy (non-hydrogen) atoms. The Balaban J connectivity index is 1.30. The maximum atomic E-state index is 13.2. The van der Waals surface area contributed by atoms with Crippen LogP contribution in [0.25, 0.3) is 11.4 Å². The predicted octanol–water partition coefficient (Wildman–Crippen LogP) is 3.14. The van der Waals surface area contributed by atoms with Crippen molar-refractivity contribution in [3.63, 3.8) is 0 Å².